The highest BCUT2D eigenvalue weighted by Crippen LogP contribution is 2.51. The van der Waals surface area contributed by atoms with Crippen molar-refractivity contribution in [2.75, 3.05) is 9.80 Å². The minimum atomic E-state index is 0.847. The molecule has 0 N–H and O–H groups in total. The molecule has 306 valence electrons. The molecule has 0 aliphatic carbocycles. The molecule has 2 aliphatic rings. The molecule has 0 atom stereocenters. The zero-order valence-corrected chi connectivity index (χ0v) is 36.5. The number of aryl methyl sites for hydroxylation is 4. The van der Waals surface area contributed by atoms with Crippen molar-refractivity contribution in [1.82, 2.24) is 9.13 Å². The number of rotatable bonds is 6. The Kier molecular flexibility index (Phi) is 7.96. The SMILES string of the molecule is Cc1ccc(N(c2ccc(C)cc2)c2ccc3c4cc5c(cc4n4c3c2Cc2ccccc2-4)c2ccc(N(c3ccc(C)cc3)c3ccc(C)cc3)c3c2n5-c2ccccc2C3)cc1. The zero-order chi connectivity index (χ0) is 42.8. The Labute approximate surface area is 373 Å². The molecule has 0 saturated heterocycles. The summed E-state index contributed by atoms with van der Waals surface area (Å²) >= 11 is 0. The van der Waals surface area contributed by atoms with Crippen LogP contribution in [0.15, 0.2) is 182 Å². The molecule has 0 unspecified atom stereocenters. The Balaban J connectivity index is 1.11. The van der Waals surface area contributed by atoms with E-state index in [9.17, 15) is 0 Å². The summed E-state index contributed by atoms with van der Waals surface area (Å²) in [5, 5.41) is 5.11. The van der Waals surface area contributed by atoms with Gasteiger partial charge in [0.25, 0.3) is 0 Å². The molecular weight excluding hydrogens is 777 g/mol. The number of benzene rings is 9. The minimum Gasteiger partial charge on any atom is -0.310 e. The summed E-state index contributed by atoms with van der Waals surface area (Å²) in [7, 11) is 0. The quantitative estimate of drug-likeness (QED) is 0.166. The van der Waals surface area contributed by atoms with Crippen LogP contribution in [-0.4, -0.2) is 9.13 Å². The van der Waals surface area contributed by atoms with Crippen LogP contribution in [0, 0.1) is 27.7 Å². The highest BCUT2D eigenvalue weighted by Gasteiger charge is 2.31. The second-order valence-corrected chi connectivity index (χ2v) is 18.1. The molecule has 0 saturated carbocycles. The lowest BCUT2D eigenvalue weighted by molar-refractivity contribution is 1.04. The first-order valence-corrected chi connectivity index (χ1v) is 22.5. The maximum atomic E-state index is 2.58. The maximum Gasteiger partial charge on any atom is 0.0597 e. The average Bonchev–Trinajstić information content (AvgIpc) is 3.83. The van der Waals surface area contributed by atoms with Gasteiger partial charge in [-0.15, -0.1) is 0 Å². The Morgan fingerprint density at radius 1 is 0.344 bits per heavy atom. The largest absolute Gasteiger partial charge is 0.310 e. The third-order valence-corrected chi connectivity index (χ3v) is 14.0. The van der Waals surface area contributed by atoms with Gasteiger partial charge in [0, 0.05) is 79.6 Å². The molecule has 13 rings (SSSR count). The van der Waals surface area contributed by atoms with Gasteiger partial charge in [-0.1, -0.05) is 119 Å². The minimum absolute atomic E-state index is 0.847. The monoisotopic (exact) mass is 822 g/mol. The Morgan fingerprint density at radius 3 is 1.02 bits per heavy atom. The summed E-state index contributed by atoms with van der Waals surface area (Å²) in [4.78, 5) is 4.92. The van der Waals surface area contributed by atoms with Crippen LogP contribution in [0.5, 0.6) is 0 Å². The van der Waals surface area contributed by atoms with E-state index in [4.69, 9.17) is 0 Å². The van der Waals surface area contributed by atoms with Crippen LogP contribution in [-0.2, 0) is 12.8 Å². The summed E-state index contributed by atoms with van der Waals surface area (Å²) in [6.07, 6.45) is 1.69. The number of anilines is 6. The van der Waals surface area contributed by atoms with Crippen LogP contribution in [0.4, 0.5) is 34.1 Å². The normalized spacial score (nSPS) is 12.6. The van der Waals surface area contributed by atoms with Gasteiger partial charge in [0.05, 0.1) is 33.4 Å². The van der Waals surface area contributed by atoms with Gasteiger partial charge in [0.2, 0.25) is 0 Å². The fourth-order valence-corrected chi connectivity index (χ4v) is 10.9. The van der Waals surface area contributed by atoms with Gasteiger partial charge in [-0.05, 0) is 124 Å². The average molecular weight is 823 g/mol. The van der Waals surface area contributed by atoms with E-state index in [2.05, 4.69) is 229 Å². The lowest BCUT2D eigenvalue weighted by Crippen LogP contribution is -2.16. The number of aromatic nitrogens is 2. The Hall–Kier alpha value is -7.82. The van der Waals surface area contributed by atoms with E-state index in [1.165, 1.54) is 111 Å². The van der Waals surface area contributed by atoms with Crippen molar-refractivity contribution in [1.29, 1.82) is 0 Å². The molecule has 4 heterocycles. The number of fused-ring (bicyclic) bond motifs is 10. The van der Waals surface area contributed by atoms with Gasteiger partial charge in [-0.3, -0.25) is 0 Å². The third-order valence-electron chi connectivity index (χ3n) is 14.0. The highest BCUT2D eigenvalue weighted by atomic mass is 15.2. The fraction of sp³-hybridized carbons (Fsp3) is 0.100. The van der Waals surface area contributed by atoms with Crippen molar-refractivity contribution in [3.63, 3.8) is 0 Å². The summed E-state index contributed by atoms with van der Waals surface area (Å²) in [5.41, 5.74) is 25.0. The van der Waals surface area contributed by atoms with E-state index in [0.717, 1.165) is 35.6 Å². The molecule has 0 spiro atoms. The van der Waals surface area contributed by atoms with Crippen molar-refractivity contribution in [3.8, 4) is 11.4 Å². The summed E-state index contributed by atoms with van der Waals surface area (Å²) in [6.45, 7) is 8.65. The van der Waals surface area contributed by atoms with E-state index in [0.29, 0.717) is 0 Å². The first-order chi connectivity index (χ1) is 31.4. The lowest BCUT2D eigenvalue weighted by atomic mass is 9.94. The van der Waals surface area contributed by atoms with Crippen LogP contribution >= 0.6 is 0 Å². The highest BCUT2D eigenvalue weighted by molar-refractivity contribution is 6.21. The molecule has 0 amide bonds. The topological polar surface area (TPSA) is 16.3 Å². The van der Waals surface area contributed by atoms with E-state index < -0.39 is 0 Å². The first kappa shape index (κ1) is 36.8. The molecule has 64 heavy (non-hydrogen) atoms. The second kappa shape index (κ2) is 13.8. The smallest absolute Gasteiger partial charge is 0.0597 e. The van der Waals surface area contributed by atoms with Gasteiger partial charge in [0.15, 0.2) is 0 Å². The molecular formula is C60H46N4. The van der Waals surface area contributed by atoms with E-state index in [1.54, 1.807) is 0 Å². The molecule has 4 heteroatoms. The van der Waals surface area contributed by atoms with Crippen LogP contribution in [0.2, 0.25) is 0 Å². The molecule has 0 bridgehead atoms. The molecule has 11 aromatic rings. The van der Waals surface area contributed by atoms with Gasteiger partial charge >= 0.3 is 0 Å². The number of hydrogen-bond donors (Lipinski definition) is 0. The van der Waals surface area contributed by atoms with E-state index >= 15 is 0 Å². The van der Waals surface area contributed by atoms with E-state index in [-0.39, 0.29) is 0 Å². The lowest BCUT2D eigenvalue weighted by Gasteiger charge is -2.30. The third kappa shape index (κ3) is 5.42. The van der Waals surface area contributed by atoms with Crippen LogP contribution < -0.4 is 9.80 Å². The van der Waals surface area contributed by atoms with Crippen LogP contribution in [0.1, 0.15) is 44.5 Å². The number of hydrogen-bond acceptors (Lipinski definition) is 2. The van der Waals surface area contributed by atoms with E-state index in [1.807, 2.05) is 0 Å². The first-order valence-electron chi connectivity index (χ1n) is 22.5. The van der Waals surface area contributed by atoms with Crippen LogP contribution in [0.25, 0.3) is 55.0 Å². The van der Waals surface area contributed by atoms with Crippen molar-refractivity contribution in [2.45, 2.75) is 40.5 Å². The summed E-state index contributed by atoms with van der Waals surface area (Å²) in [6, 6.07) is 68.5. The van der Waals surface area contributed by atoms with Crippen molar-refractivity contribution in [2.24, 2.45) is 0 Å². The number of para-hydroxylation sites is 2. The van der Waals surface area contributed by atoms with Crippen molar-refractivity contribution >= 4 is 77.7 Å². The van der Waals surface area contributed by atoms with Crippen molar-refractivity contribution in [3.05, 3.63) is 226 Å². The molecule has 0 fully saturated rings. The Morgan fingerprint density at radius 2 is 0.672 bits per heavy atom. The Bertz CT molecular complexity index is 3340. The molecule has 9 aromatic carbocycles. The molecule has 4 nitrogen and oxygen atoms in total. The summed E-state index contributed by atoms with van der Waals surface area (Å²) in [5.74, 6) is 0. The van der Waals surface area contributed by atoms with Crippen molar-refractivity contribution < 1.29 is 0 Å². The standard InChI is InChI=1S/C60H46N4/c1-37-13-21-43(22-14-37)61(44-23-15-38(2)16-24-44)55-31-29-47-49-35-58-50(36-57(49)63-53-11-7-5-9-41(53)33-51(55)59(47)63)48-30-32-56(52-34-42-10-6-8-12-54(42)64(58)60(48)52)62(45-25-17-39(3)18-26-45)46-27-19-40(4)20-28-46/h5-32,35-36H,33-34H2,1-4H3. The van der Waals surface area contributed by atoms with Gasteiger partial charge < -0.3 is 18.9 Å². The van der Waals surface area contributed by atoms with Gasteiger partial charge in [0.1, 0.15) is 0 Å². The second-order valence-electron chi connectivity index (χ2n) is 18.1. The molecule has 2 aromatic heterocycles. The predicted octanol–water partition coefficient (Wildman–Crippen LogP) is 15.9. The number of nitrogens with zero attached hydrogens (tertiary/aromatic N) is 4. The van der Waals surface area contributed by atoms with Gasteiger partial charge in [-0.25, -0.2) is 0 Å². The fourth-order valence-electron chi connectivity index (χ4n) is 10.9. The summed E-state index contributed by atoms with van der Waals surface area (Å²) < 4.78 is 5.15. The molecule has 0 radical (unpaired) electrons. The van der Waals surface area contributed by atoms with Crippen LogP contribution in [0.3, 0.4) is 0 Å². The maximum absolute atomic E-state index is 2.58. The zero-order valence-electron chi connectivity index (χ0n) is 36.5. The van der Waals surface area contributed by atoms with Gasteiger partial charge in [-0.2, -0.15) is 0 Å². The molecule has 2 aliphatic heterocycles. The predicted molar refractivity (Wildman–Crippen MR) is 269 cm³/mol.